The first-order valence-corrected chi connectivity index (χ1v) is 7.39. The molecule has 0 aromatic heterocycles. The molecule has 2 unspecified atom stereocenters. The fourth-order valence-electron chi connectivity index (χ4n) is 2.97. The molecule has 0 radical (unpaired) electrons. The van der Waals surface area contributed by atoms with Gasteiger partial charge in [0.05, 0.1) is 12.7 Å². The van der Waals surface area contributed by atoms with Crippen LogP contribution < -0.4 is 10.5 Å². The van der Waals surface area contributed by atoms with Crippen molar-refractivity contribution in [1.82, 2.24) is 0 Å². The number of aliphatic hydroxyl groups excluding tert-OH is 1. The minimum Gasteiger partial charge on any atom is -0.493 e. The summed E-state index contributed by atoms with van der Waals surface area (Å²) >= 11 is 0. The Morgan fingerprint density at radius 2 is 2.05 bits per heavy atom. The van der Waals surface area contributed by atoms with Gasteiger partial charge in [-0.2, -0.15) is 0 Å². The van der Waals surface area contributed by atoms with Gasteiger partial charge in [-0.1, -0.05) is 35.9 Å². The molecular weight excluding hydrogens is 262 g/mol. The van der Waals surface area contributed by atoms with Gasteiger partial charge in [0.25, 0.3) is 0 Å². The molecule has 3 heteroatoms. The van der Waals surface area contributed by atoms with E-state index < -0.39 is 6.10 Å². The van der Waals surface area contributed by atoms with Gasteiger partial charge in [-0.3, -0.25) is 0 Å². The average Bonchev–Trinajstić information content (AvgIpc) is 2.95. The molecule has 0 saturated heterocycles. The number of aryl methyl sites for hydroxylation is 1. The minimum absolute atomic E-state index is 0.0923. The number of hydrogen-bond acceptors (Lipinski definition) is 3. The van der Waals surface area contributed by atoms with Crippen LogP contribution in [0, 0.1) is 6.92 Å². The van der Waals surface area contributed by atoms with Crippen LogP contribution in [0.4, 0.5) is 0 Å². The van der Waals surface area contributed by atoms with E-state index in [2.05, 4.69) is 19.1 Å². The van der Waals surface area contributed by atoms with Gasteiger partial charge in [0.2, 0.25) is 0 Å². The maximum Gasteiger partial charge on any atom is 0.122 e. The Morgan fingerprint density at radius 3 is 2.81 bits per heavy atom. The van der Waals surface area contributed by atoms with Crippen molar-refractivity contribution in [3.8, 4) is 5.75 Å². The summed E-state index contributed by atoms with van der Waals surface area (Å²) in [5, 5.41) is 10.7. The van der Waals surface area contributed by atoms with E-state index in [0.717, 1.165) is 29.9 Å². The molecule has 2 aromatic rings. The molecule has 110 valence electrons. The van der Waals surface area contributed by atoms with E-state index in [4.69, 9.17) is 10.5 Å². The molecule has 2 atom stereocenters. The number of rotatable bonds is 4. The van der Waals surface area contributed by atoms with Crippen LogP contribution in [-0.2, 0) is 6.42 Å². The lowest BCUT2D eigenvalue weighted by Crippen LogP contribution is -2.20. The summed E-state index contributed by atoms with van der Waals surface area (Å²) in [4.78, 5) is 0. The van der Waals surface area contributed by atoms with Crippen molar-refractivity contribution in [2.24, 2.45) is 5.73 Å². The zero-order chi connectivity index (χ0) is 14.8. The first-order valence-electron chi connectivity index (χ1n) is 7.39. The summed E-state index contributed by atoms with van der Waals surface area (Å²) in [6.07, 6.45) is 0.316. The van der Waals surface area contributed by atoms with E-state index in [9.17, 15) is 5.11 Å². The van der Waals surface area contributed by atoms with E-state index in [0.29, 0.717) is 6.54 Å². The molecule has 3 N–H and O–H groups in total. The molecule has 3 rings (SSSR count). The van der Waals surface area contributed by atoms with Gasteiger partial charge < -0.3 is 15.6 Å². The first-order chi connectivity index (χ1) is 10.2. The van der Waals surface area contributed by atoms with Gasteiger partial charge in [-0.05, 0) is 35.7 Å². The summed E-state index contributed by atoms with van der Waals surface area (Å²) in [5.41, 5.74) is 10.3. The summed E-state index contributed by atoms with van der Waals surface area (Å²) in [5.74, 6) is 0.844. The largest absolute Gasteiger partial charge is 0.493 e. The number of nitrogens with two attached hydrogens (primary N) is 1. The lowest BCUT2D eigenvalue weighted by molar-refractivity contribution is 0.147. The van der Waals surface area contributed by atoms with Gasteiger partial charge >= 0.3 is 0 Å². The number of benzene rings is 2. The third-order valence-electron chi connectivity index (χ3n) is 4.16. The molecule has 1 aliphatic rings. The third kappa shape index (κ3) is 2.80. The Labute approximate surface area is 125 Å². The van der Waals surface area contributed by atoms with E-state index in [1.165, 1.54) is 11.1 Å². The number of hydrogen-bond donors (Lipinski definition) is 2. The molecule has 1 aliphatic heterocycles. The zero-order valence-corrected chi connectivity index (χ0v) is 12.3. The van der Waals surface area contributed by atoms with E-state index in [1.807, 2.05) is 30.3 Å². The summed E-state index contributed by atoms with van der Waals surface area (Å²) in [6.45, 7) is 3.20. The Balaban J connectivity index is 1.90. The van der Waals surface area contributed by atoms with E-state index in [-0.39, 0.29) is 5.92 Å². The second-order valence-electron chi connectivity index (χ2n) is 5.67. The van der Waals surface area contributed by atoms with Gasteiger partial charge in [-0.15, -0.1) is 0 Å². The number of fused-ring (bicyclic) bond motifs is 1. The van der Waals surface area contributed by atoms with Crippen molar-refractivity contribution in [1.29, 1.82) is 0 Å². The van der Waals surface area contributed by atoms with Crippen molar-refractivity contribution in [2.45, 2.75) is 25.4 Å². The minimum atomic E-state index is -0.595. The molecule has 21 heavy (non-hydrogen) atoms. The predicted molar refractivity (Wildman–Crippen MR) is 83.6 cm³/mol. The predicted octanol–water partition coefficient (Wildman–Crippen LogP) is 2.71. The van der Waals surface area contributed by atoms with Crippen molar-refractivity contribution >= 4 is 0 Å². The average molecular weight is 283 g/mol. The number of aliphatic hydroxyl groups is 1. The van der Waals surface area contributed by atoms with Crippen LogP contribution in [0.3, 0.4) is 0 Å². The standard InChI is InChI=1S/C18H21NO2/c1-12-3-2-4-13(9-12)16(11-19)18(20)15-5-6-17-14(10-15)7-8-21-17/h2-6,9-10,16,18,20H,7-8,11,19H2,1H3. The Bertz CT molecular complexity index is 639. The highest BCUT2D eigenvalue weighted by molar-refractivity contribution is 5.41. The molecule has 0 fully saturated rings. The van der Waals surface area contributed by atoms with Crippen molar-refractivity contribution < 1.29 is 9.84 Å². The highest BCUT2D eigenvalue weighted by Gasteiger charge is 2.23. The van der Waals surface area contributed by atoms with E-state index in [1.54, 1.807) is 0 Å². The van der Waals surface area contributed by atoms with E-state index >= 15 is 0 Å². The quantitative estimate of drug-likeness (QED) is 0.907. The van der Waals surface area contributed by atoms with Gasteiger partial charge in [0.15, 0.2) is 0 Å². The van der Waals surface area contributed by atoms with Crippen molar-refractivity contribution in [2.75, 3.05) is 13.2 Å². The van der Waals surface area contributed by atoms with Gasteiger partial charge in [0.1, 0.15) is 5.75 Å². The fraction of sp³-hybridized carbons (Fsp3) is 0.333. The van der Waals surface area contributed by atoms with Crippen molar-refractivity contribution in [3.63, 3.8) is 0 Å². The van der Waals surface area contributed by atoms with Crippen LogP contribution in [0.2, 0.25) is 0 Å². The molecule has 0 saturated carbocycles. The Hall–Kier alpha value is -1.84. The molecule has 0 amide bonds. The molecule has 0 bridgehead atoms. The Morgan fingerprint density at radius 1 is 1.19 bits per heavy atom. The molecular formula is C18H21NO2. The van der Waals surface area contributed by atoms with Crippen LogP contribution in [0.25, 0.3) is 0 Å². The summed E-state index contributed by atoms with van der Waals surface area (Å²) < 4.78 is 5.51. The first kappa shape index (κ1) is 14.1. The monoisotopic (exact) mass is 283 g/mol. The van der Waals surface area contributed by atoms with Crippen LogP contribution in [0.5, 0.6) is 5.75 Å². The van der Waals surface area contributed by atoms with Crippen LogP contribution in [-0.4, -0.2) is 18.3 Å². The Kier molecular flexibility index (Phi) is 3.95. The normalized spacial score (nSPS) is 16.1. The van der Waals surface area contributed by atoms with Crippen molar-refractivity contribution in [3.05, 3.63) is 64.7 Å². The van der Waals surface area contributed by atoms with Gasteiger partial charge in [-0.25, -0.2) is 0 Å². The smallest absolute Gasteiger partial charge is 0.122 e. The molecule has 0 spiro atoms. The lowest BCUT2D eigenvalue weighted by atomic mass is 9.88. The lowest BCUT2D eigenvalue weighted by Gasteiger charge is -2.23. The van der Waals surface area contributed by atoms with Crippen LogP contribution in [0.1, 0.15) is 34.3 Å². The SMILES string of the molecule is Cc1cccc(C(CN)C(O)c2ccc3c(c2)CCO3)c1. The molecule has 3 nitrogen and oxygen atoms in total. The highest BCUT2D eigenvalue weighted by atomic mass is 16.5. The highest BCUT2D eigenvalue weighted by Crippen LogP contribution is 2.34. The maximum absolute atomic E-state index is 10.7. The topological polar surface area (TPSA) is 55.5 Å². The molecule has 1 heterocycles. The van der Waals surface area contributed by atoms with Crippen LogP contribution >= 0.6 is 0 Å². The second kappa shape index (κ2) is 5.88. The zero-order valence-electron chi connectivity index (χ0n) is 12.3. The third-order valence-corrected chi connectivity index (χ3v) is 4.16. The fourth-order valence-corrected chi connectivity index (χ4v) is 2.97. The summed E-state index contributed by atoms with van der Waals surface area (Å²) in [6, 6.07) is 14.1. The maximum atomic E-state index is 10.7. The second-order valence-corrected chi connectivity index (χ2v) is 5.67. The molecule has 0 aliphatic carbocycles. The number of ether oxygens (including phenoxy) is 1. The summed E-state index contributed by atoms with van der Waals surface area (Å²) in [7, 11) is 0. The van der Waals surface area contributed by atoms with Gasteiger partial charge in [0, 0.05) is 18.9 Å². The van der Waals surface area contributed by atoms with Crippen LogP contribution in [0.15, 0.2) is 42.5 Å². The molecule has 2 aromatic carbocycles.